The van der Waals surface area contributed by atoms with E-state index < -0.39 is 12.5 Å². The van der Waals surface area contributed by atoms with Gasteiger partial charge in [-0.3, -0.25) is 14.5 Å². The smallest absolute Gasteiger partial charge is 0.386 e. The van der Waals surface area contributed by atoms with Gasteiger partial charge in [0.15, 0.2) is 0 Å². The second kappa shape index (κ2) is 13.3. The fourth-order valence-corrected chi connectivity index (χ4v) is 3.87. The van der Waals surface area contributed by atoms with E-state index in [1.165, 1.54) is 40.8 Å². The predicted molar refractivity (Wildman–Crippen MR) is 133 cm³/mol. The van der Waals surface area contributed by atoms with Gasteiger partial charge in [0.05, 0.1) is 10.6 Å². The Morgan fingerprint density at radius 3 is 2.76 bits per heavy atom. The van der Waals surface area contributed by atoms with E-state index in [0.717, 1.165) is 22.7 Å². The van der Waals surface area contributed by atoms with Crippen LogP contribution in [-0.2, 0) is 9.53 Å². The van der Waals surface area contributed by atoms with Crippen LogP contribution in [0.1, 0.15) is 23.8 Å². The number of halogens is 3. The van der Waals surface area contributed by atoms with Crippen molar-refractivity contribution in [2.24, 2.45) is 0 Å². The number of alkyl halides is 3. The van der Waals surface area contributed by atoms with Crippen molar-refractivity contribution in [3.8, 4) is 10.6 Å². The summed E-state index contributed by atoms with van der Waals surface area (Å²) in [5, 5.41) is 5.50. The first-order chi connectivity index (χ1) is 16.3. The number of carbonyl (C=O) groups excluding carboxylic acids is 1. The minimum atomic E-state index is -4.68. The maximum Gasteiger partial charge on any atom is 0.523 e. The van der Waals surface area contributed by atoms with Gasteiger partial charge in [0, 0.05) is 23.8 Å². The highest BCUT2D eigenvalue weighted by atomic mass is 32.1. The van der Waals surface area contributed by atoms with Gasteiger partial charge in [-0.05, 0) is 48.4 Å². The molecule has 1 unspecified atom stereocenters. The number of hydrogen-bond donors (Lipinski definition) is 2. The lowest BCUT2D eigenvalue weighted by molar-refractivity contribution is -0.330. The van der Waals surface area contributed by atoms with Crippen molar-refractivity contribution in [1.82, 2.24) is 10.3 Å². The molecule has 0 fully saturated rings. The van der Waals surface area contributed by atoms with Crippen LogP contribution in [0.3, 0.4) is 0 Å². The third-order valence-corrected chi connectivity index (χ3v) is 5.51. The van der Waals surface area contributed by atoms with Crippen LogP contribution in [0.25, 0.3) is 22.7 Å². The van der Waals surface area contributed by atoms with Crippen molar-refractivity contribution >= 4 is 35.6 Å². The minimum absolute atomic E-state index is 0.398. The van der Waals surface area contributed by atoms with Crippen LogP contribution in [0.4, 0.5) is 18.9 Å². The van der Waals surface area contributed by atoms with Crippen molar-refractivity contribution in [3.63, 3.8) is 0 Å². The number of pyridine rings is 1. The minimum Gasteiger partial charge on any atom is -0.386 e. The molecule has 3 rings (SSSR count). The molecule has 0 radical (unpaired) electrons. The van der Waals surface area contributed by atoms with Crippen molar-refractivity contribution < 1.29 is 22.7 Å². The summed E-state index contributed by atoms with van der Waals surface area (Å²) >= 11 is 1.72. The summed E-state index contributed by atoms with van der Waals surface area (Å²) < 4.78 is 39.3. The standard InChI is InChI=1S/C16H18N2S.C9H8F3NO2/c1-4-6-8-12-11-15(19-14(12)5-2)16-13(17-3)9-7-10-18-16;10-9(11,12)15-8-3-1-2-7(4-5-8)13-6-14/h5-11,17H,2,4H2,1,3H3;1-6,8H,(H,13,14)/b8-6-;. The first-order valence-electron chi connectivity index (χ1n) is 10.4. The molecule has 180 valence electrons. The number of nitrogens with zero attached hydrogens (tertiary/aromatic N) is 1. The van der Waals surface area contributed by atoms with Gasteiger partial charge >= 0.3 is 6.36 Å². The van der Waals surface area contributed by atoms with Crippen LogP contribution < -0.4 is 10.6 Å². The number of hydrogen-bond acceptors (Lipinski definition) is 5. The van der Waals surface area contributed by atoms with Gasteiger partial charge in [0.2, 0.25) is 6.41 Å². The number of allylic oxidation sites excluding steroid dienone is 4. The Morgan fingerprint density at radius 1 is 1.32 bits per heavy atom. The van der Waals surface area contributed by atoms with Crippen molar-refractivity contribution in [3.05, 3.63) is 83.6 Å². The van der Waals surface area contributed by atoms with Crippen LogP contribution in [-0.4, -0.2) is 30.9 Å². The molecule has 0 aliphatic heterocycles. The number of ether oxygens (including phenoxy) is 1. The zero-order valence-electron chi connectivity index (χ0n) is 18.8. The summed E-state index contributed by atoms with van der Waals surface area (Å²) in [5.41, 5.74) is 3.65. The Hall–Kier alpha value is -3.43. The average molecular weight is 490 g/mol. The van der Waals surface area contributed by atoms with Crippen molar-refractivity contribution in [2.75, 3.05) is 12.4 Å². The highest BCUT2D eigenvalue weighted by Gasteiger charge is 2.31. The number of carbonyl (C=O) groups is 1. The van der Waals surface area contributed by atoms with E-state index in [1.54, 1.807) is 11.3 Å². The molecule has 34 heavy (non-hydrogen) atoms. The Balaban J connectivity index is 0.000000248. The van der Waals surface area contributed by atoms with E-state index in [9.17, 15) is 18.0 Å². The highest BCUT2D eigenvalue weighted by molar-refractivity contribution is 7.16. The van der Waals surface area contributed by atoms with Crippen LogP contribution in [0.15, 0.2) is 73.1 Å². The quantitative estimate of drug-likeness (QED) is 0.412. The van der Waals surface area contributed by atoms with Gasteiger partial charge in [-0.1, -0.05) is 43.9 Å². The molecule has 9 heteroatoms. The van der Waals surface area contributed by atoms with Crippen LogP contribution in [0, 0.1) is 0 Å². The first-order valence-corrected chi connectivity index (χ1v) is 11.2. The molecule has 2 aromatic heterocycles. The molecule has 0 bridgehead atoms. The highest BCUT2D eigenvalue weighted by Crippen LogP contribution is 2.35. The number of nitrogens with one attached hydrogen (secondary N) is 2. The molecule has 1 aliphatic rings. The molecule has 2 aromatic rings. The van der Waals surface area contributed by atoms with E-state index in [4.69, 9.17) is 0 Å². The summed E-state index contributed by atoms with van der Waals surface area (Å²) in [6, 6.07) is 6.16. The maximum absolute atomic E-state index is 11.8. The van der Waals surface area contributed by atoms with E-state index >= 15 is 0 Å². The van der Waals surface area contributed by atoms with Gasteiger partial charge < -0.3 is 10.6 Å². The molecule has 2 N–H and O–H groups in total. The lowest BCUT2D eigenvalue weighted by Crippen LogP contribution is -2.20. The summed E-state index contributed by atoms with van der Waals surface area (Å²) in [5.74, 6) is 0. The third kappa shape index (κ3) is 8.49. The molecular weight excluding hydrogens is 463 g/mol. The molecule has 2 heterocycles. The Morgan fingerprint density at radius 2 is 2.12 bits per heavy atom. The maximum atomic E-state index is 11.8. The fourth-order valence-electron chi connectivity index (χ4n) is 2.86. The lowest BCUT2D eigenvalue weighted by Gasteiger charge is -2.11. The Bertz CT molecular complexity index is 1090. The van der Waals surface area contributed by atoms with Gasteiger partial charge in [-0.25, -0.2) is 0 Å². The molecule has 1 atom stereocenters. The molecule has 1 aliphatic carbocycles. The molecule has 0 saturated carbocycles. The van der Waals surface area contributed by atoms with E-state index in [2.05, 4.69) is 52.1 Å². The van der Waals surface area contributed by atoms with Crippen LogP contribution in [0.5, 0.6) is 0 Å². The zero-order chi connectivity index (χ0) is 25.0. The van der Waals surface area contributed by atoms with E-state index in [-0.39, 0.29) is 0 Å². The number of amides is 1. The summed E-state index contributed by atoms with van der Waals surface area (Å²) in [4.78, 5) is 16.9. The summed E-state index contributed by atoms with van der Waals surface area (Å²) in [6.07, 6.45) is 10.3. The topological polar surface area (TPSA) is 63.2 Å². The van der Waals surface area contributed by atoms with Gasteiger partial charge in [-0.2, -0.15) is 0 Å². The second-order valence-electron chi connectivity index (χ2n) is 6.75. The molecule has 0 spiro atoms. The molecule has 0 aromatic carbocycles. The number of rotatable bonds is 8. The van der Waals surface area contributed by atoms with E-state index in [1.807, 2.05) is 31.5 Å². The average Bonchev–Trinajstić information content (AvgIpc) is 3.11. The Labute approximate surface area is 201 Å². The molecular formula is C25H26F3N3O2S. The number of thiophene rings is 1. The SMILES string of the molecule is C=Cc1sc(-c2ncccc2NC)cc1/C=C\CC.O=CNC1=CC=CC(OC(F)(F)F)C=C1. The van der Waals surface area contributed by atoms with Gasteiger partial charge in [0.1, 0.15) is 11.8 Å². The second-order valence-corrected chi connectivity index (χ2v) is 7.83. The van der Waals surface area contributed by atoms with Gasteiger partial charge in [-0.15, -0.1) is 24.5 Å². The molecule has 0 saturated heterocycles. The number of anilines is 1. The first kappa shape index (κ1) is 26.8. The van der Waals surface area contributed by atoms with Crippen molar-refractivity contribution in [2.45, 2.75) is 25.8 Å². The van der Waals surface area contributed by atoms with Crippen LogP contribution in [0.2, 0.25) is 0 Å². The van der Waals surface area contributed by atoms with Crippen molar-refractivity contribution in [1.29, 1.82) is 0 Å². The monoisotopic (exact) mass is 489 g/mol. The predicted octanol–water partition coefficient (Wildman–Crippen LogP) is 6.57. The third-order valence-electron chi connectivity index (χ3n) is 4.36. The number of aromatic nitrogens is 1. The normalized spacial score (nSPS) is 15.2. The fraction of sp³-hybridized carbons (Fsp3) is 0.200. The van der Waals surface area contributed by atoms with Gasteiger partial charge in [0.25, 0.3) is 0 Å². The lowest BCUT2D eigenvalue weighted by atomic mass is 10.2. The van der Waals surface area contributed by atoms with Crippen LogP contribution >= 0.6 is 11.3 Å². The summed E-state index contributed by atoms with van der Waals surface area (Å²) in [6.45, 7) is 6.02. The molecule has 1 amide bonds. The Kier molecular flexibility index (Phi) is 10.5. The zero-order valence-corrected chi connectivity index (χ0v) is 19.6. The van der Waals surface area contributed by atoms with E-state index in [0.29, 0.717) is 12.1 Å². The largest absolute Gasteiger partial charge is 0.523 e. The summed E-state index contributed by atoms with van der Waals surface area (Å²) in [7, 11) is 1.92. The molecule has 5 nitrogen and oxygen atoms in total.